The molecule has 1 aliphatic heterocycles. The van der Waals surface area contributed by atoms with E-state index in [-0.39, 0.29) is 12.2 Å². The Labute approximate surface area is 204 Å². The smallest absolute Gasteiger partial charge is 0.320 e. The number of carbonyl (C=O) groups is 1. The van der Waals surface area contributed by atoms with Gasteiger partial charge in [0.1, 0.15) is 36.2 Å². The van der Waals surface area contributed by atoms with Crippen LogP contribution < -0.4 is 16.8 Å². The highest BCUT2D eigenvalue weighted by molar-refractivity contribution is 5.81. The fraction of sp³-hybridized carbons (Fsp3) is 0.727. The number of anilines is 1. The van der Waals surface area contributed by atoms with Gasteiger partial charge in [-0.05, 0) is 19.4 Å². The molecule has 0 aromatic carbocycles. The summed E-state index contributed by atoms with van der Waals surface area (Å²) in [5.41, 5.74) is 12.3. The number of carboxylic acids is 1. The van der Waals surface area contributed by atoms with Crippen molar-refractivity contribution in [2.75, 3.05) is 38.5 Å². The molecule has 5 atom stereocenters. The van der Waals surface area contributed by atoms with E-state index >= 15 is 0 Å². The first-order valence-corrected chi connectivity index (χ1v) is 12.2. The number of fused-ring (bicyclic) bond motifs is 1. The molecule has 0 bridgehead atoms. The Morgan fingerprint density at radius 1 is 1.20 bits per heavy atom. The zero-order valence-corrected chi connectivity index (χ0v) is 20.2. The van der Waals surface area contributed by atoms with E-state index in [0.29, 0.717) is 37.3 Å². The zero-order valence-electron chi connectivity index (χ0n) is 20.2. The summed E-state index contributed by atoms with van der Waals surface area (Å²) in [7, 11) is 0. The number of carboxylic acid groups (broad SMARTS) is 1. The Bertz CT molecular complexity index is 944. The first-order chi connectivity index (χ1) is 16.8. The van der Waals surface area contributed by atoms with E-state index in [1.165, 1.54) is 36.5 Å². The highest BCUT2D eigenvalue weighted by Crippen LogP contribution is 2.32. The number of unbranched alkanes of at least 4 members (excludes halogenated alkanes) is 3. The van der Waals surface area contributed by atoms with Gasteiger partial charge in [0.25, 0.3) is 0 Å². The number of ether oxygens (including phenoxy) is 1. The number of rotatable bonds is 15. The molecule has 0 radical (unpaired) electrons. The molecule has 0 saturated carbocycles. The normalized spacial score (nSPS) is 23.3. The summed E-state index contributed by atoms with van der Waals surface area (Å²) < 4.78 is 7.58. The van der Waals surface area contributed by atoms with E-state index < -0.39 is 36.6 Å². The third-order valence-electron chi connectivity index (χ3n) is 6.32. The number of aliphatic hydroxyl groups excluding tert-OH is 2. The van der Waals surface area contributed by atoms with Crippen LogP contribution in [0.1, 0.15) is 45.3 Å². The van der Waals surface area contributed by atoms with Gasteiger partial charge < -0.3 is 36.8 Å². The summed E-state index contributed by atoms with van der Waals surface area (Å²) in [4.78, 5) is 25.5. The van der Waals surface area contributed by atoms with Crippen molar-refractivity contribution in [3.05, 3.63) is 12.7 Å². The van der Waals surface area contributed by atoms with Gasteiger partial charge in [-0.2, -0.15) is 0 Å². The van der Waals surface area contributed by atoms with Crippen LogP contribution in [-0.4, -0.2) is 103 Å². The highest BCUT2D eigenvalue weighted by Gasteiger charge is 2.44. The van der Waals surface area contributed by atoms with E-state index in [9.17, 15) is 15.0 Å². The van der Waals surface area contributed by atoms with Crippen LogP contribution in [0.5, 0.6) is 0 Å². The number of hydrogen-bond donors (Lipinski definition) is 6. The molecule has 1 fully saturated rings. The number of nitrogens with two attached hydrogens (primary N) is 2. The number of aromatic nitrogens is 4. The van der Waals surface area contributed by atoms with Gasteiger partial charge in [0, 0.05) is 26.2 Å². The van der Waals surface area contributed by atoms with E-state index in [1.54, 1.807) is 0 Å². The van der Waals surface area contributed by atoms with Crippen molar-refractivity contribution in [1.29, 1.82) is 0 Å². The summed E-state index contributed by atoms with van der Waals surface area (Å²) in [6.07, 6.45) is 3.69. The molecule has 1 aliphatic rings. The molecule has 1 saturated heterocycles. The monoisotopic (exact) mass is 494 g/mol. The van der Waals surface area contributed by atoms with Crippen LogP contribution in [0, 0.1) is 0 Å². The lowest BCUT2D eigenvalue weighted by Crippen LogP contribution is -2.44. The summed E-state index contributed by atoms with van der Waals surface area (Å²) in [5, 5.41) is 34.0. The average molecular weight is 495 g/mol. The first kappa shape index (κ1) is 27.2. The summed E-state index contributed by atoms with van der Waals surface area (Å²) in [6.45, 7) is 5.10. The summed E-state index contributed by atoms with van der Waals surface area (Å²) >= 11 is 0. The summed E-state index contributed by atoms with van der Waals surface area (Å²) in [6, 6.07) is -0.977. The minimum atomic E-state index is -1.21. The van der Waals surface area contributed by atoms with Crippen molar-refractivity contribution in [1.82, 2.24) is 29.7 Å². The molecule has 2 aromatic heterocycles. The van der Waals surface area contributed by atoms with Gasteiger partial charge >= 0.3 is 5.97 Å². The SMILES string of the molecule is CCCCCCNCCN(CC[C@H](N)C(=O)O)C[C@H]1O[C@@H](n2cnc3c(N)ncnc32)[C@H](O)[C@@H]1O. The molecule has 35 heavy (non-hydrogen) atoms. The number of nitrogen functional groups attached to an aromatic ring is 1. The average Bonchev–Trinajstić information content (AvgIpc) is 3.38. The lowest BCUT2D eigenvalue weighted by atomic mass is 10.1. The maximum Gasteiger partial charge on any atom is 0.320 e. The van der Waals surface area contributed by atoms with Gasteiger partial charge in [-0.3, -0.25) is 14.3 Å². The second-order valence-corrected chi connectivity index (χ2v) is 8.97. The van der Waals surface area contributed by atoms with Crippen molar-refractivity contribution in [3.8, 4) is 0 Å². The van der Waals surface area contributed by atoms with Crippen LogP contribution in [0.2, 0.25) is 0 Å². The van der Waals surface area contributed by atoms with Crippen molar-refractivity contribution in [3.63, 3.8) is 0 Å². The molecule has 13 heteroatoms. The quantitative estimate of drug-likeness (QED) is 0.170. The Kier molecular flexibility index (Phi) is 10.1. The van der Waals surface area contributed by atoms with E-state index in [2.05, 4.69) is 27.2 Å². The number of nitrogens with one attached hydrogen (secondary N) is 1. The van der Waals surface area contributed by atoms with Gasteiger partial charge in [-0.1, -0.05) is 26.2 Å². The Morgan fingerprint density at radius 2 is 2.00 bits per heavy atom. The van der Waals surface area contributed by atoms with Gasteiger partial charge in [0.15, 0.2) is 17.7 Å². The van der Waals surface area contributed by atoms with Gasteiger partial charge in [-0.15, -0.1) is 0 Å². The van der Waals surface area contributed by atoms with Crippen LogP contribution in [0.4, 0.5) is 5.82 Å². The third kappa shape index (κ3) is 7.06. The standard InChI is InChI=1S/C22H38N8O5/c1-2-3-4-5-7-25-8-10-29(9-6-14(23)22(33)34)11-15-17(31)18(32)21(35-15)30-13-28-16-19(24)26-12-27-20(16)30/h12-15,17-18,21,25,31-32H,2-11,23H2,1H3,(H,33,34)(H2,24,26,27)/t14-,15+,17+,18+,21+/m0/s1. The topological polar surface area (TPSA) is 198 Å². The minimum Gasteiger partial charge on any atom is -0.480 e. The second kappa shape index (κ2) is 13.0. The number of imidazole rings is 1. The molecule has 3 heterocycles. The Morgan fingerprint density at radius 3 is 2.74 bits per heavy atom. The van der Waals surface area contributed by atoms with Crippen molar-refractivity contribution in [2.45, 2.75) is 69.6 Å². The second-order valence-electron chi connectivity index (χ2n) is 8.97. The zero-order chi connectivity index (χ0) is 25.4. The number of nitrogens with zero attached hydrogens (tertiary/aromatic N) is 5. The van der Waals surface area contributed by atoms with Gasteiger partial charge in [-0.25, -0.2) is 15.0 Å². The van der Waals surface area contributed by atoms with Gasteiger partial charge in [0.05, 0.1) is 6.33 Å². The van der Waals surface area contributed by atoms with Crippen LogP contribution in [0.15, 0.2) is 12.7 Å². The molecule has 0 spiro atoms. The molecular formula is C22H38N8O5. The van der Waals surface area contributed by atoms with Crippen LogP contribution in [0.25, 0.3) is 11.2 Å². The van der Waals surface area contributed by atoms with Crippen LogP contribution in [-0.2, 0) is 9.53 Å². The highest BCUT2D eigenvalue weighted by atomic mass is 16.6. The fourth-order valence-corrected chi connectivity index (χ4v) is 4.20. The fourth-order valence-electron chi connectivity index (χ4n) is 4.20. The first-order valence-electron chi connectivity index (χ1n) is 12.2. The van der Waals surface area contributed by atoms with Crippen molar-refractivity contribution < 1.29 is 24.9 Å². The number of hydrogen-bond acceptors (Lipinski definition) is 11. The molecule has 196 valence electrons. The lowest BCUT2D eigenvalue weighted by molar-refractivity contribution is -0.138. The molecule has 0 aliphatic carbocycles. The van der Waals surface area contributed by atoms with E-state index in [0.717, 1.165) is 13.0 Å². The maximum absolute atomic E-state index is 11.2. The molecule has 0 amide bonds. The Hall–Kier alpha value is -2.42. The Balaban J connectivity index is 1.62. The predicted octanol–water partition coefficient (Wildman–Crippen LogP) is -0.698. The molecular weight excluding hydrogens is 456 g/mol. The van der Waals surface area contributed by atoms with Crippen LogP contribution in [0.3, 0.4) is 0 Å². The summed E-state index contributed by atoms with van der Waals surface area (Å²) in [5.74, 6) is -0.846. The molecule has 2 aromatic rings. The van der Waals surface area contributed by atoms with E-state index in [1.807, 2.05) is 4.90 Å². The molecule has 8 N–H and O–H groups in total. The minimum absolute atomic E-state index is 0.210. The van der Waals surface area contributed by atoms with Crippen LogP contribution >= 0.6 is 0 Å². The largest absolute Gasteiger partial charge is 0.480 e. The van der Waals surface area contributed by atoms with Crippen molar-refractivity contribution in [2.24, 2.45) is 5.73 Å². The predicted molar refractivity (Wildman–Crippen MR) is 129 cm³/mol. The lowest BCUT2D eigenvalue weighted by Gasteiger charge is -2.27. The number of aliphatic carboxylic acids is 1. The molecule has 13 nitrogen and oxygen atoms in total. The molecule has 3 rings (SSSR count). The molecule has 0 unspecified atom stereocenters. The third-order valence-corrected chi connectivity index (χ3v) is 6.32. The number of aliphatic hydroxyl groups is 2. The van der Waals surface area contributed by atoms with E-state index in [4.69, 9.17) is 21.3 Å². The maximum atomic E-state index is 11.2. The van der Waals surface area contributed by atoms with Crippen molar-refractivity contribution >= 4 is 23.0 Å². The van der Waals surface area contributed by atoms with Gasteiger partial charge in [0.2, 0.25) is 0 Å².